The lowest BCUT2D eigenvalue weighted by atomic mass is 10.3. The van der Waals surface area contributed by atoms with E-state index in [1.54, 1.807) is 0 Å². The molecule has 8 nitrogen and oxygen atoms in total. The molecular weight excluding hydrogens is 256 g/mol. The molecule has 0 bridgehead atoms. The molecule has 3 N–H and O–H groups in total. The van der Waals surface area contributed by atoms with Crippen LogP contribution in [0.25, 0.3) is 0 Å². The monoisotopic (exact) mass is 270 g/mol. The van der Waals surface area contributed by atoms with Crippen molar-refractivity contribution in [3.8, 4) is 0 Å². The van der Waals surface area contributed by atoms with E-state index >= 15 is 0 Å². The van der Waals surface area contributed by atoms with E-state index in [1.807, 2.05) is 0 Å². The normalized spacial score (nSPS) is 15.6. The van der Waals surface area contributed by atoms with Gasteiger partial charge in [-0.25, -0.2) is 14.3 Å². The highest BCUT2D eigenvalue weighted by Gasteiger charge is 2.27. The van der Waals surface area contributed by atoms with Crippen molar-refractivity contribution in [3.05, 3.63) is 17.5 Å². The number of fused-ring (bicyclic) bond motifs is 1. The Morgan fingerprint density at radius 2 is 2.28 bits per heavy atom. The van der Waals surface area contributed by atoms with Crippen LogP contribution < -0.4 is 11.1 Å². The van der Waals surface area contributed by atoms with Gasteiger partial charge in [-0.3, -0.25) is 4.99 Å². The second-order valence-corrected chi connectivity index (χ2v) is 5.65. The number of aliphatic imine (C=N–C) groups is 1. The lowest BCUT2D eigenvalue weighted by molar-refractivity contribution is 0.540. The van der Waals surface area contributed by atoms with Crippen molar-refractivity contribution < 1.29 is 8.42 Å². The molecule has 0 spiro atoms. The number of nitrogens with two attached hydrogens (primary N) is 1. The second-order valence-electron chi connectivity index (χ2n) is 3.78. The summed E-state index contributed by atoms with van der Waals surface area (Å²) in [6.07, 6.45) is 1.52. The summed E-state index contributed by atoms with van der Waals surface area (Å²) in [6.45, 7) is 1.20. The van der Waals surface area contributed by atoms with Gasteiger partial charge in [-0.2, -0.15) is 8.42 Å². The highest BCUT2D eigenvalue weighted by Crippen LogP contribution is 2.15. The lowest BCUT2D eigenvalue weighted by Gasteiger charge is -2.16. The van der Waals surface area contributed by atoms with Gasteiger partial charge in [0.15, 0.2) is 0 Å². The van der Waals surface area contributed by atoms with Crippen molar-refractivity contribution in [2.24, 2.45) is 10.7 Å². The van der Waals surface area contributed by atoms with Crippen molar-refractivity contribution in [1.82, 2.24) is 19.6 Å². The molecule has 0 atom stereocenters. The smallest absolute Gasteiger partial charge is 0.302 e. The van der Waals surface area contributed by atoms with Crippen molar-refractivity contribution in [2.75, 3.05) is 14.1 Å². The molecule has 0 aliphatic carbocycles. The van der Waals surface area contributed by atoms with Crippen LogP contribution in [0.1, 0.15) is 11.3 Å². The Balaban J connectivity index is 2.42. The van der Waals surface area contributed by atoms with Gasteiger partial charge in [0.25, 0.3) is 5.16 Å². The van der Waals surface area contributed by atoms with Crippen molar-refractivity contribution >= 4 is 16.0 Å². The van der Waals surface area contributed by atoms with E-state index in [-0.39, 0.29) is 11.1 Å². The maximum atomic E-state index is 12.2. The van der Waals surface area contributed by atoms with Gasteiger partial charge in [-0.1, -0.05) is 0 Å². The summed E-state index contributed by atoms with van der Waals surface area (Å²) in [5, 5.41) is 2.81. The third kappa shape index (κ3) is 2.02. The molecule has 2 heterocycles. The summed E-state index contributed by atoms with van der Waals surface area (Å²) < 4.78 is 25.2. The summed E-state index contributed by atoms with van der Waals surface area (Å²) >= 11 is 0. The SMILES string of the molecule is CN=C(N)N(C)S(=O)(=O)c1ncc2c(n1)CNC2. The highest BCUT2D eigenvalue weighted by atomic mass is 32.2. The number of rotatable bonds is 2. The van der Waals surface area contributed by atoms with Crippen molar-refractivity contribution in [3.63, 3.8) is 0 Å². The predicted octanol–water partition coefficient (Wildman–Crippen LogP) is -1.36. The molecular formula is C9H14N6O2S. The van der Waals surface area contributed by atoms with Crippen LogP contribution in [0.3, 0.4) is 0 Å². The largest absolute Gasteiger partial charge is 0.369 e. The van der Waals surface area contributed by atoms with Crippen LogP contribution in [0.4, 0.5) is 0 Å². The molecule has 1 aliphatic rings. The first-order valence-electron chi connectivity index (χ1n) is 5.23. The first-order chi connectivity index (χ1) is 8.46. The van der Waals surface area contributed by atoms with Gasteiger partial charge in [0, 0.05) is 38.9 Å². The average molecular weight is 270 g/mol. The molecule has 0 saturated heterocycles. The van der Waals surface area contributed by atoms with E-state index < -0.39 is 10.0 Å². The predicted molar refractivity (Wildman–Crippen MR) is 65.1 cm³/mol. The van der Waals surface area contributed by atoms with Gasteiger partial charge in [-0.05, 0) is 0 Å². The van der Waals surface area contributed by atoms with Crippen LogP contribution in [-0.4, -0.2) is 42.7 Å². The number of nitrogens with zero attached hydrogens (tertiary/aromatic N) is 4. The minimum absolute atomic E-state index is 0.114. The van der Waals surface area contributed by atoms with Gasteiger partial charge in [-0.15, -0.1) is 0 Å². The van der Waals surface area contributed by atoms with E-state index in [9.17, 15) is 8.42 Å². The van der Waals surface area contributed by atoms with Gasteiger partial charge in [0.05, 0.1) is 5.69 Å². The van der Waals surface area contributed by atoms with Crippen LogP contribution in [0, 0.1) is 0 Å². The number of guanidine groups is 1. The van der Waals surface area contributed by atoms with E-state index in [2.05, 4.69) is 20.3 Å². The molecule has 1 aromatic rings. The van der Waals surface area contributed by atoms with Crippen LogP contribution in [0.2, 0.25) is 0 Å². The summed E-state index contributed by atoms with van der Waals surface area (Å²) in [5.74, 6) is -0.114. The van der Waals surface area contributed by atoms with Crippen LogP contribution >= 0.6 is 0 Å². The Morgan fingerprint density at radius 3 is 2.94 bits per heavy atom. The third-order valence-electron chi connectivity index (χ3n) is 2.68. The first-order valence-corrected chi connectivity index (χ1v) is 6.67. The summed E-state index contributed by atoms with van der Waals surface area (Å²) in [5.41, 5.74) is 7.09. The topological polar surface area (TPSA) is 114 Å². The molecule has 2 rings (SSSR count). The maximum Gasteiger partial charge on any atom is 0.302 e. The van der Waals surface area contributed by atoms with Crippen LogP contribution in [-0.2, 0) is 23.1 Å². The molecule has 0 aromatic carbocycles. The highest BCUT2D eigenvalue weighted by molar-refractivity contribution is 7.89. The van der Waals surface area contributed by atoms with Crippen LogP contribution in [0.5, 0.6) is 0 Å². The van der Waals surface area contributed by atoms with Gasteiger partial charge in [0.2, 0.25) is 5.96 Å². The van der Waals surface area contributed by atoms with Gasteiger partial charge < -0.3 is 11.1 Å². The number of sulfonamides is 1. The van der Waals surface area contributed by atoms with Crippen molar-refractivity contribution in [1.29, 1.82) is 0 Å². The zero-order chi connectivity index (χ0) is 13.3. The summed E-state index contributed by atoms with van der Waals surface area (Å²) in [6, 6.07) is 0. The number of aromatic nitrogens is 2. The fraction of sp³-hybridized carbons (Fsp3) is 0.444. The van der Waals surface area contributed by atoms with E-state index in [1.165, 1.54) is 20.3 Å². The molecule has 0 fully saturated rings. The van der Waals surface area contributed by atoms with Crippen LogP contribution in [0.15, 0.2) is 16.3 Å². The molecule has 98 valence electrons. The standard InChI is InChI=1S/C9H14N6O2S/c1-11-8(10)15(2)18(16,17)9-13-4-6-3-12-5-7(6)14-9/h4,12H,3,5H2,1-2H3,(H2,10,11). The number of nitrogens with one attached hydrogen (secondary N) is 1. The Labute approximate surface area is 105 Å². The zero-order valence-electron chi connectivity index (χ0n) is 10.1. The summed E-state index contributed by atoms with van der Waals surface area (Å²) in [7, 11) is -1.12. The van der Waals surface area contributed by atoms with Gasteiger partial charge >= 0.3 is 10.0 Å². The zero-order valence-corrected chi connectivity index (χ0v) is 10.9. The van der Waals surface area contributed by atoms with Crippen molar-refractivity contribution in [2.45, 2.75) is 18.2 Å². The number of hydrogen-bond donors (Lipinski definition) is 2. The fourth-order valence-corrected chi connectivity index (χ4v) is 2.54. The Hall–Kier alpha value is -1.74. The fourth-order valence-electron chi connectivity index (χ4n) is 1.55. The second kappa shape index (κ2) is 4.50. The van der Waals surface area contributed by atoms with E-state index in [4.69, 9.17) is 5.73 Å². The average Bonchev–Trinajstić information content (AvgIpc) is 2.83. The molecule has 0 amide bonds. The molecule has 9 heteroatoms. The maximum absolute atomic E-state index is 12.2. The Kier molecular flexibility index (Phi) is 3.18. The Morgan fingerprint density at radius 1 is 1.56 bits per heavy atom. The Bertz CT molecular complexity index is 597. The quantitative estimate of drug-likeness (QED) is 0.390. The first kappa shape index (κ1) is 12.7. The minimum Gasteiger partial charge on any atom is -0.369 e. The lowest BCUT2D eigenvalue weighted by Crippen LogP contribution is -2.39. The summed E-state index contributed by atoms with van der Waals surface area (Å²) in [4.78, 5) is 11.5. The molecule has 0 radical (unpaired) electrons. The molecule has 0 unspecified atom stereocenters. The molecule has 1 aromatic heterocycles. The van der Waals surface area contributed by atoms with E-state index in [0.29, 0.717) is 18.8 Å². The molecule has 1 aliphatic heterocycles. The minimum atomic E-state index is -3.84. The van der Waals surface area contributed by atoms with Gasteiger partial charge in [0.1, 0.15) is 0 Å². The molecule has 0 saturated carbocycles. The number of hydrogen-bond acceptors (Lipinski definition) is 6. The third-order valence-corrected chi connectivity index (χ3v) is 4.25. The molecule has 18 heavy (non-hydrogen) atoms. The van der Waals surface area contributed by atoms with E-state index in [0.717, 1.165) is 9.87 Å².